The number of thiazole rings is 1. The molecular weight excluding hydrogens is 793 g/mol. The fraction of sp³-hybridized carbons (Fsp3) is 0.458. The van der Waals surface area contributed by atoms with E-state index < -0.39 is 54.1 Å². The lowest BCUT2D eigenvalue weighted by atomic mass is 9.94. The minimum absolute atomic E-state index is 0.106. The average Bonchev–Trinajstić information content (AvgIpc) is 3.81. The number of hydrogen-bond donors (Lipinski definition) is 3. The van der Waals surface area contributed by atoms with Gasteiger partial charge in [-0.05, 0) is 58.4 Å². The smallest absolute Gasteiger partial charge is 0.407 e. The molecule has 0 saturated heterocycles. The summed E-state index contributed by atoms with van der Waals surface area (Å²) >= 11 is 1.28. The van der Waals surface area contributed by atoms with Crippen molar-refractivity contribution in [2.45, 2.75) is 111 Å². The number of likely N-dealkylation sites (N-methyl/N-ethyl adjacent to an activating group) is 1. The summed E-state index contributed by atoms with van der Waals surface area (Å²) in [5, 5.41) is 16.0. The summed E-state index contributed by atoms with van der Waals surface area (Å²) in [6, 6.07) is 23.8. The number of amides is 3. The van der Waals surface area contributed by atoms with E-state index in [2.05, 4.69) is 22.8 Å². The third-order valence-electron chi connectivity index (χ3n) is 11.3. The monoisotopic (exact) mass is 852 g/mol. The third kappa shape index (κ3) is 11.6. The number of alkyl carbamates (subject to hydrolysis) is 1. The maximum atomic E-state index is 14.3. The summed E-state index contributed by atoms with van der Waals surface area (Å²) in [5.41, 5.74) is 5.54. The number of carboxylic acid groups (broad SMARTS) is 1. The number of esters is 1. The summed E-state index contributed by atoms with van der Waals surface area (Å²) in [5.74, 6) is -3.62. The zero-order valence-electron chi connectivity index (χ0n) is 36.6. The Labute approximate surface area is 363 Å². The highest BCUT2D eigenvalue weighted by Crippen LogP contribution is 2.44. The number of benzene rings is 3. The molecule has 5 unspecified atom stereocenters. The number of aliphatic carboxylic acids is 1. The molecule has 13 heteroatoms. The van der Waals surface area contributed by atoms with Crippen LogP contribution in [0, 0.1) is 17.8 Å². The molecule has 3 aromatic carbocycles. The molecule has 4 aromatic rings. The number of ether oxygens (including phenoxy) is 2. The van der Waals surface area contributed by atoms with E-state index in [4.69, 9.17) is 14.5 Å². The molecule has 5 atom stereocenters. The molecular formula is C48H60N4O8S. The van der Waals surface area contributed by atoms with Gasteiger partial charge in [-0.15, -0.1) is 11.3 Å². The number of fused-ring (bicyclic) bond motifs is 3. The van der Waals surface area contributed by atoms with E-state index >= 15 is 0 Å². The highest BCUT2D eigenvalue weighted by molar-refractivity contribution is 7.12. The molecule has 1 heterocycles. The summed E-state index contributed by atoms with van der Waals surface area (Å²) in [6.45, 7) is 14.6. The Morgan fingerprint density at radius 1 is 0.803 bits per heavy atom. The SMILES string of the molecule is CC(=O)OC(CC(C(C)C)N(C)C(=O)C(NC(=O)OCC1c2ccccc2-c2ccccc21)C(C)C)c1nc(C(=O)NC(Cc2ccccc2)CC(C)C(=O)O)c(C(C)C)s1. The molecule has 61 heavy (non-hydrogen) atoms. The van der Waals surface area contributed by atoms with Crippen LogP contribution >= 0.6 is 11.3 Å². The van der Waals surface area contributed by atoms with Gasteiger partial charge in [-0.1, -0.05) is 127 Å². The molecule has 326 valence electrons. The van der Waals surface area contributed by atoms with Crippen molar-refractivity contribution in [3.8, 4) is 11.1 Å². The van der Waals surface area contributed by atoms with E-state index in [9.17, 15) is 29.1 Å². The van der Waals surface area contributed by atoms with Crippen LogP contribution in [0.4, 0.5) is 4.79 Å². The maximum absolute atomic E-state index is 14.3. The first kappa shape index (κ1) is 46.5. The number of rotatable bonds is 19. The Hall–Kier alpha value is -5.56. The van der Waals surface area contributed by atoms with E-state index in [1.54, 1.807) is 18.9 Å². The number of nitrogens with one attached hydrogen (secondary N) is 2. The van der Waals surface area contributed by atoms with Crippen LogP contribution in [0.3, 0.4) is 0 Å². The van der Waals surface area contributed by atoms with Crippen molar-refractivity contribution in [3.63, 3.8) is 0 Å². The maximum Gasteiger partial charge on any atom is 0.407 e. The molecule has 0 spiro atoms. The van der Waals surface area contributed by atoms with Gasteiger partial charge in [0, 0.05) is 43.3 Å². The molecule has 3 amide bonds. The highest BCUT2D eigenvalue weighted by Gasteiger charge is 2.37. The third-order valence-corrected chi connectivity index (χ3v) is 12.8. The normalized spacial score (nSPS) is 14.7. The van der Waals surface area contributed by atoms with Crippen LogP contribution < -0.4 is 10.6 Å². The second kappa shape index (κ2) is 20.8. The molecule has 1 aliphatic rings. The zero-order chi connectivity index (χ0) is 44.5. The van der Waals surface area contributed by atoms with Crippen molar-refractivity contribution < 1.29 is 38.6 Å². The largest absolute Gasteiger partial charge is 0.481 e. The standard InChI is InChI=1S/C48H60N4O8S/c1-27(2)39(52(9)46(55)41(28(3)4)51-48(58)59-26-38-36-21-15-13-19-34(36)35-20-14-16-22-37(35)38)25-40(60-31(8)53)45-50-42(43(61-45)29(5)6)44(54)49-33(23-30(7)47(56)57)24-32-17-11-10-12-18-32/h10-22,27-30,33,38-41H,23-26H2,1-9H3,(H,49,54)(H,51,58)(H,56,57). The van der Waals surface area contributed by atoms with Gasteiger partial charge < -0.3 is 30.1 Å². The van der Waals surface area contributed by atoms with Crippen LogP contribution in [-0.4, -0.2) is 76.6 Å². The summed E-state index contributed by atoms with van der Waals surface area (Å²) in [6.07, 6.45) is -0.778. The number of aromatic nitrogens is 1. The Bertz CT molecular complexity index is 2120. The van der Waals surface area contributed by atoms with Crippen LogP contribution in [0.2, 0.25) is 0 Å². The van der Waals surface area contributed by atoms with Crippen molar-refractivity contribution in [2.75, 3.05) is 13.7 Å². The molecule has 12 nitrogen and oxygen atoms in total. The van der Waals surface area contributed by atoms with Gasteiger partial charge in [0.05, 0.1) is 5.92 Å². The second-order valence-corrected chi connectivity index (χ2v) is 18.1. The number of carbonyl (C=O) groups excluding carboxylic acids is 4. The summed E-state index contributed by atoms with van der Waals surface area (Å²) in [7, 11) is 1.68. The van der Waals surface area contributed by atoms with Gasteiger partial charge in [-0.2, -0.15) is 0 Å². The van der Waals surface area contributed by atoms with E-state index in [-0.39, 0.29) is 54.7 Å². The van der Waals surface area contributed by atoms with Crippen LogP contribution in [0.5, 0.6) is 0 Å². The molecule has 1 aromatic heterocycles. The van der Waals surface area contributed by atoms with Gasteiger partial charge in [-0.3, -0.25) is 19.2 Å². The Morgan fingerprint density at radius 2 is 1.39 bits per heavy atom. The van der Waals surface area contributed by atoms with Crippen molar-refractivity contribution in [1.29, 1.82) is 0 Å². The molecule has 0 fully saturated rings. The van der Waals surface area contributed by atoms with Crippen LogP contribution in [-0.2, 0) is 30.3 Å². The lowest BCUT2D eigenvalue weighted by Gasteiger charge is -2.36. The minimum atomic E-state index is -0.953. The first-order chi connectivity index (χ1) is 29.0. The first-order valence-electron chi connectivity index (χ1n) is 21.1. The first-order valence-corrected chi connectivity index (χ1v) is 21.9. The second-order valence-electron chi connectivity index (χ2n) is 17.0. The molecule has 0 radical (unpaired) electrons. The van der Waals surface area contributed by atoms with E-state index in [1.165, 1.54) is 18.3 Å². The average molecular weight is 853 g/mol. The van der Waals surface area contributed by atoms with Gasteiger partial charge in [0.15, 0.2) is 6.10 Å². The zero-order valence-corrected chi connectivity index (χ0v) is 37.5. The van der Waals surface area contributed by atoms with E-state index in [1.807, 2.05) is 108 Å². The lowest BCUT2D eigenvalue weighted by molar-refractivity contribution is -0.148. The van der Waals surface area contributed by atoms with Gasteiger partial charge in [-0.25, -0.2) is 9.78 Å². The fourth-order valence-electron chi connectivity index (χ4n) is 8.07. The van der Waals surface area contributed by atoms with E-state index in [0.717, 1.165) is 27.8 Å². The van der Waals surface area contributed by atoms with Crippen LogP contribution in [0.15, 0.2) is 78.9 Å². The number of nitrogens with zero attached hydrogens (tertiary/aromatic N) is 2. The van der Waals surface area contributed by atoms with Gasteiger partial charge in [0.25, 0.3) is 5.91 Å². The fourth-order valence-corrected chi connectivity index (χ4v) is 9.18. The molecule has 3 N–H and O–H groups in total. The van der Waals surface area contributed by atoms with E-state index in [0.29, 0.717) is 16.3 Å². The number of carboxylic acids is 1. The van der Waals surface area contributed by atoms with Crippen LogP contribution in [0.1, 0.15) is 123 Å². The summed E-state index contributed by atoms with van der Waals surface area (Å²) < 4.78 is 11.7. The molecule has 0 aliphatic heterocycles. The topological polar surface area (TPSA) is 164 Å². The molecule has 0 saturated carbocycles. The lowest BCUT2D eigenvalue weighted by Crippen LogP contribution is -2.54. The predicted octanol–water partition coefficient (Wildman–Crippen LogP) is 8.76. The van der Waals surface area contributed by atoms with Crippen molar-refractivity contribution in [1.82, 2.24) is 20.5 Å². The Kier molecular flexibility index (Phi) is 15.9. The van der Waals surface area contributed by atoms with Crippen molar-refractivity contribution in [2.24, 2.45) is 17.8 Å². The van der Waals surface area contributed by atoms with Gasteiger partial charge >= 0.3 is 18.0 Å². The predicted molar refractivity (Wildman–Crippen MR) is 236 cm³/mol. The Morgan fingerprint density at radius 3 is 1.93 bits per heavy atom. The minimum Gasteiger partial charge on any atom is -0.481 e. The molecule has 0 bridgehead atoms. The van der Waals surface area contributed by atoms with Gasteiger partial charge in [0.2, 0.25) is 5.91 Å². The quantitative estimate of drug-likeness (QED) is 0.0783. The molecule has 1 aliphatic carbocycles. The van der Waals surface area contributed by atoms with Crippen molar-refractivity contribution in [3.05, 3.63) is 111 Å². The van der Waals surface area contributed by atoms with Crippen molar-refractivity contribution >= 4 is 41.2 Å². The Balaban J connectivity index is 1.33. The van der Waals surface area contributed by atoms with Gasteiger partial charge in [0.1, 0.15) is 23.4 Å². The number of carbonyl (C=O) groups is 5. The summed E-state index contributed by atoms with van der Waals surface area (Å²) in [4.78, 5) is 73.3. The highest BCUT2D eigenvalue weighted by atomic mass is 32.1. The number of hydrogen-bond acceptors (Lipinski definition) is 9. The van der Waals surface area contributed by atoms with Crippen LogP contribution in [0.25, 0.3) is 11.1 Å². The molecule has 5 rings (SSSR count).